The standard InChI is InChI=1S/C12H15ClO2/c1-12(2)14-8-11(15-12)10-5-3-9(7-13)4-6-10/h3-6,11H,7-8H2,1-2H3/t11-/m0/s1. The molecule has 2 nitrogen and oxygen atoms in total. The van der Waals surface area contributed by atoms with Gasteiger partial charge in [-0.05, 0) is 25.0 Å². The second-order valence-corrected chi connectivity index (χ2v) is 4.46. The van der Waals surface area contributed by atoms with Gasteiger partial charge in [0.25, 0.3) is 0 Å². The van der Waals surface area contributed by atoms with Crippen molar-refractivity contribution < 1.29 is 9.47 Å². The van der Waals surface area contributed by atoms with Crippen LogP contribution in [0.1, 0.15) is 31.1 Å². The van der Waals surface area contributed by atoms with Gasteiger partial charge in [-0.15, -0.1) is 11.6 Å². The molecule has 0 radical (unpaired) electrons. The first-order chi connectivity index (χ1) is 7.11. The van der Waals surface area contributed by atoms with Crippen molar-refractivity contribution in [2.24, 2.45) is 0 Å². The van der Waals surface area contributed by atoms with Crippen LogP contribution < -0.4 is 0 Å². The van der Waals surface area contributed by atoms with Gasteiger partial charge in [0.2, 0.25) is 0 Å². The average Bonchev–Trinajstić information content (AvgIpc) is 2.59. The summed E-state index contributed by atoms with van der Waals surface area (Å²) in [4.78, 5) is 0. The molecule has 15 heavy (non-hydrogen) atoms. The van der Waals surface area contributed by atoms with Crippen molar-refractivity contribution in [2.45, 2.75) is 31.6 Å². The highest BCUT2D eigenvalue weighted by Gasteiger charge is 2.33. The molecule has 2 rings (SSSR count). The molecule has 1 aromatic rings. The van der Waals surface area contributed by atoms with Crippen LogP contribution in [0.25, 0.3) is 0 Å². The molecule has 0 saturated carbocycles. The van der Waals surface area contributed by atoms with Crippen molar-refractivity contribution in [1.82, 2.24) is 0 Å². The molecule has 0 spiro atoms. The van der Waals surface area contributed by atoms with Crippen LogP contribution in [0.3, 0.4) is 0 Å². The monoisotopic (exact) mass is 226 g/mol. The van der Waals surface area contributed by atoms with E-state index in [2.05, 4.69) is 0 Å². The van der Waals surface area contributed by atoms with E-state index < -0.39 is 5.79 Å². The first-order valence-electron chi connectivity index (χ1n) is 5.07. The molecule has 1 fully saturated rings. The molecular weight excluding hydrogens is 212 g/mol. The van der Waals surface area contributed by atoms with E-state index in [4.69, 9.17) is 21.1 Å². The minimum Gasteiger partial charge on any atom is -0.347 e. The molecule has 0 bridgehead atoms. The molecule has 1 heterocycles. The van der Waals surface area contributed by atoms with Crippen molar-refractivity contribution in [3.63, 3.8) is 0 Å². The van der Waals surface area contributed by atoms with Crippen LogP contribution >= 0.6 is 11.6 Å². The second-order valence-electron chi connectivity index (χ2n) is 4.19. The minimum atomic E-state index is -0.462. The van der Waals surface area contributed by atoms with Gasteiger partial charge in [0.05, 0.1) is 6.61 Å². The van der Waals surface area contributed by atoms with Gasteiger partial charge in [-0.25, -0.2) is 0 Å². The summed E-state index contributed by atoms with van der Waals surface area (Å²) < 4.78 is 11.3. The van der Waals surface area contributed by atoms with Crippen molar-refractivity contribution >= 4 is 11.6 Å². The van der Waals surface area contributed by atoms with Gasteiger partial charge < -0.3 is 9.47 Å². The summed E-state index contributed by atoms with van der Waals surface area (Å²) in [5.74, 6) is 0.0869. The highest BCUT2D eigenvalue weighted by molar-refractivity contribution is 6.17. The summed E-state index contributed by atoms with van der Waals surface area (Å²) in [6.07, 6.45) is 0.0457. The normalized spacial score (nSPS) is 24.3. The Hall–Kier alpha value is -0.570. The summed E-state index contributed by atoms with van der Waals surface area (Å²) in [5.41, 5.74) is 2.27. The highest BCUT2D eigenvalue weighted by atomic mass is 35.5. The van der Waals surface area contributed by atoms with Crippen LogP contribution in [0.5, 0.6) is 0 Å². The van der Waals surface area contributed by atoms with E-state index in [1.807, 2.05) is 38.1 Å². The van der Waals surface area contributed by atoms with E-state index in [0.717, 1.165) is 11.1 Å². The van der Waals surface area contributed by atoms with Gasteiger partial charge in [0, 0.05) is 5.88 Å². The fraction of sp³-hybridized carbons (Fsp3) is 0.500. The molecule has 1 saturated heterocycles. The van der Waals surface area contributed by atoms with E-state index >= 15 is 0 Å². The van der Waals surface area contributed by atoms with E-state index in [9.17, 15) is 0 Å². The lowest BCUT2D eigenvalue weighted by Crippen LogP contribution is -2.19. The minimum absolute atomic E-state index is 0.0457. The Labute approximate surface area is 95.1 Å². The zero-order valence-electron chi connectivity index (χ0n) is 9.00. The Morgan fingerprint density at radius 3 is 2.47 bits per heavy atom. The smallest absolute Gasteiger partial charge is 0.163 e. The third kappa shape index (κ3) is 2.51. The maximum Gasteiger partial charge on any atom is 0.163 e. The predicted octanol–water partition coefficient (Wildman–Crippen LogP) is 3.25. The summed E-state index contributed by atoms with van der Waals surface area (Å²) in [7, 11) is 0. The summed E-state index contributed by atoms with van der Waals surface area (Å²) in [6.45, 7) is 4.48. The molecule has 0 aliphatic carbocycles. The fourth-order valence-corrected chi connectivity index (χ4v) is 1.85. The van der Waals surface area contributed by atoms with Crippen molar-refractivity contribution in [3.8, 4) is 0 Å². The predicted molar refractivity (Wildman–Crippen MR) is 59.9 cm³/mol. The number of halogens is 1. The zero-order valence-corrected chi connectivity index (χ0v) is 9.75. The Bertz CT molecular complexity index is 332. The molecule has 0 aromatic heterocycles. The summed E-state index contributed by atoms with van der Waals surface area (Å²) >= 11 is 5.73. The maximum atomic E-state index is 5.75. The Morgan fingerprint density at radius 1 is 1.33 bits per heavy atom. The lowest BCUT2D eigenvalue weighted by atomic mass is 10.1. The lowest BCUT2D eigenvalue weighted by Gasteiger charge is -2.17. The topological polar surface area (TPSA) is 18.5 Å². The van der Waals surface area contributed by atoms with Crippen LogP contribution in [-0.2, 0) is 15.4 Å². The molecule has 0 unspecified atom stereocenters. The Balaban J connectivity index is 2.11. The van der Waals surface area contributed by atoms with E-state index in [1.54, 1.807) is 0 Å². The second kappa shape index (κ2) is 4.12. The van der Waals surface area contributed by atoms with Crippen molar-refractivity contribution in [3.05, 3.63) is 35.4 Å². The Kier molecular flexibility index (Phi) is 3.01. The lowest BCUT2D eigenvalue weighted by molar-refractivity contribution is -0.139. The van der Waals surface area contributed by atoms with Crippen molar-refractivity contribution in [2.75, 3.05) is 6.61 Å². The van der Waals surface area contributed by atoms with Gasteiger partial charge in [0.1, 0.15) is 6.10 Å². The average molecular weight is 227 g/mol. The van der Waals surface area contributed by atoms with Gasteiger partial charge in [-0.2, -0.15) is 0 Å². The molecule has 1 aromatic carbocycles. The molecule has 1 atom stereocenters. The van der Waals surface area contributed by atoms with Gasteiger partial charge in [-0.1, -0.05) is 24.3 Å². The van der Waals surface area contributed by atoms with Gasteiger partial charge in [-0.3, -0.25) is 0 Å². The first-order valence-corrected chi connectivity index (χ1v) is 5.61. The number of rotatable bonds is 2. The number of hydrogen-bond acceptors (Lipinski definition) is 2. The van der Waals surface area contributed by atoms with Crippen LogP contribution in [0.15, 0.2) is 24.3 Å². The molecular formula is C12H15ClO2. The van der Waals surface area contributed by atoms with Crippen LogP contribution in [-0.4, -0.2) is 12.4 Å². The number of ether oxygens (including phenoxy) is 2. The van der Waals surface area contributed by atoms with Crippen molar-refractivity contribution in [1.29, 1.82) is 0 Å². The largest absolute Gasteiger partial charge is 0.347 e. The molecule has 1 aliphatic rings. The third-order valence-corrected chi connectivity index (χ3v) is 2.82. The number of benzene rings is 1. The zero-order chi connectivity index (χ0) is 10.9. The Morgan fingerprint density at radius 2 is 2.00 bits per heavy atom. The summed E-state index contributed by atoms with van der Waals surface area (Å²) in [6, 6.07) is 8.15. The highest BCUT2D eigenvalue weighted by Crippen LogP contribution is 2.32. The molecule has 0 amide bonds. The quantitative estimate of drug-likeness (QED) is 0.721. The van der Waals surface area contributed by atoms with Crippen LogP contribution in [0, 0.1) is 0 Å². The van der Waals surface area contributed by atoms with E-state index in [1.165, 1.54) is 0 Å². The SMILES string of the molecule is CC1(C)OC[C@@H](c2ccc(CCl)cc2)O1. The third-order valence-electron chi connectivity index (χ3n) is 2.51. The van der Waals surface area contributed by atoms with E-state index in [0.29, 0.717) is 12.5 Å². The van der Waals surface area contributed by atoms with E-state index in [-0.39, 0.29) is 6.10 Å². The van der Waals surface area contributed by atoms with Crippen LogP contribution in [0.2, 0.25) is 0 Å². The maximum absolute atomic E-state index is 5.75. The fourth-order valence-electron chi connectivity index (χ4n) is 1.67. The summed E-state index contributed by atoms with van der Waals surface area (Å²) in [5, 5.41) is 0. The molecule has 0 N–H and O–H groups in total. The first kappa shape index (κ1) is 10.9. The molecule has 1 aliphatic heterocycles. The number of alkyl halides is 1. The number of hydrogen-bond donors (Lipinski definition) is 0. The molecule has 82 valence electrons. The van der Waals surface area contributed by atoms with Gasteiger partial charge in [0.15, 0.2) is 5.79 Å². The molecule has 3 heteroatoms. The van der Waals surface area contributed by atoms with Gasteiger partial charge >= 0.3 is 0 Å². The van der Waals surface area contributed by atoms with Crippen LogP contribution in [0.4, 0.5) is 0 Å².